The number of fused-ring (bicyclic) bond motifs is 1. The molecule has 27 heavy (non-hydrogen) atoms. The van der Waals surface area contributed by atoms with Gasteiger partial charge >= 0.3 is 0 Å². The summed E-state index contributed by atoms with van der Waals surface area (Å²) in [5.74, 6) is 1.25. The average molecular weight is 377 g/mol. The molecule has 0 saturated heterocycles. The highest BCUT2D eigenvalue weighted by atomic mass is 32.2. The topological polar surface area (TPSA) is 71.9 Å². The minimum Gasteiger partial charge on any atom is -0.273 e. The minimum atomic E-state index is -0.630. The third-order valence-electron chi connectivity index (χ3n) is 4.80. The van der Waals surface area contributed by atoms with Crippen LogP contribution >= 0.6 is 11.8 Å². The molecular weight excluding hydrogens is 358 g/mol. The molecule has 1 amide bonds. The number of amides is 1. The van der Waals surface area contributed by atoms with Crippen LogP contribution in [0, 0.1) is 6.92 Å². The van der Waals surface area contributed by atoms with Crippen LogP contribution in [0.15, 0.2) is 48.0 Å². The van der Waals surface area contributed by atoms with Gasteiger partial charge in [0.1, 0.15) is 10.9 Å². The molecule has 136 valence electrons. The van der Waals surface area contributed by atoms with Gasteiger partial charge in [0.2, 0.25) is 5.91 Å². The Morgan fingerprint density at radius 2 is 1.78 bits per heavy atom. The molecule has 0 aliphatic carbocycles. The second-order valence-electron chi connectivity index (χ2n) is 6.94. The summed E-state index contributed by atoms with van der Waals surface area (Å²) < 4.78 is 0. The Balaban J connectivity index is 1.87. The molecule has 7 heteroatoms. The van der Waals surface area contributed by atoms with Crippen molar-refractivity contribution in [3.63, 3.8) is 0 Å². The third-order valence-corrected chi connectivity index (χ3v) is 5.42. The van der Waals surface area contributed by atoms with Crippen LogP contribution in [0.4, 0.5) is 11.5 Å². The van der Waals surface area contributed by atoms with Crippen molar-refractivity contribution in [3.05, 3.63) is 54.4 Å². The van der Waals surface area contributed by atoms with E-state index in [0.717, 1.165) is 33.2 Å². The van der Waals surface area contributed by atoms with Gasteiger partial charge in [0.05, 0.1) is 23.5 Å². The van der Waals surface area contributed by atoms with E-state index < -0.39 is 5.41 Å². The smallest absolute Gasteiger partial charge is 0.242 e. The number of benzene rings is 1. The molecule has 6 nitrogen and oxygen atoms in total. The van der Waals surface area contributed by atoms with Crippen molar-refractivity contribution >= 4 is 29.2 Å². The van der Waals surface area contributed by atoms with Gasteiger partial charge in [0, 0.05) is 18.0 Å². The Labute approximate surface area is 162 Å². The van der Waals surface area contributed by atoms with Crippen LogP contribution in [0.5, 0.6) is 0 Å². The number of aryl methyl sites for hydroxylation is 1. The molecule has 1 aliphatic heterocycles. The van der Waals surface area contributed by atoms with Gasteiger partial charge in [-0.05, 0) is 44.2 Å². The Bertz CT molecular complexity index is 1030. The standard InChI is InChI=1S/C20H19N5OS/c1-12-22-8-14(9-23-12)13-5-6-15-16(7-13)25(19(26)20(15,2)3)17-10-21-11-18(24-17)27-4/h5-11H,1-4H3. The van der Waals surface area contributed by atoms with Gasteiger partial charge in [-0.3, -0.25) is 14.7 Å². The third kappa shape index (κ3) is 2.88. The number of thioether (sulfide) groups is 1. The first-order chi connectivity index (χ1) is 12.9. The Morgan fingerprint density at radius 1 is 1.04 bits per heavy atom. The molecule has 3 aromatic rings. The zero-order chi connectivity index (χ0) is 19.2. The first-order valence-corrected chi connectivity index (χ1v) is 9.78. The lowest BCUT2D eigenvalue weighted by Crippen LogP contribution is -2.33. The van der Waals surface area contributed by atoms with Gasteiger partial charge in [0.25, 0.3) is 0 Å². The molecule has 0 unspecified atom stereocenters. The zero-order valence-electron chi connectivity index (χ0n) is 15.6. The fraction of sp³-hybridized carbons (Fsp3) is 0.250. The van der Waals surface area contributed by atoms with Crippen LogP contribution in [0.1, 0.15) is 25.2 Å². The van der Waals surface area contributed by atoms with Crippen LogP contribution < -0.4 is 4.90 Å². The summed E-state index contributed by atoms with van der Waals surface area (Å²) in [6, 6.07) is 6.02. The molecule has 0 fully saturated rings. The number of hydrogen-bond acceptors (Lipinski definition) is 6. The van der Waals surface area contributed by atoms with Crippen molar-refractivity contribution in [3.8, 4) is 11.1 Å². The SMILES string of the molecule is CSc1cncc(N2C(=O)C(C)(C)c3ccc(-c4cnc(C)nc4)cc32)n1. The van der Waals surface area contributed by atoms with E-state index in [0.29, 0.717) is 5.82 Å². The van der Waals surface area contributed by atoms with Crippen molar-refractivity contribution in [1.29, 1.82) is 0 Å². The maximum atomic E-state index is 13.2. The van der Waals surface area contributed by atoms with E-state index in [9.17, 15) is 4.79 Å². The molecule has 0 N–H and O–H groups in total. The van der Waals surface area contributed by atoms with Gasteiger partial charge in [-0.15, -0.1) is 11.8 Å². The number of hydrogen-bond donors (Lipinski definition) is 0. The quantitative estimate of drug-likeness (QED) is 0.644. The predicted molar refractivity (Wildman–Crippen MR) is 106 cm³/mol. The largest absolute Gasteiger partial charge is 0.273 e. The lowest BCUT2D eigenvalue weighted by molar-refractivity contribution is -0.121. The first kappa shape index (κ1) is 17.6. The van der Waals surface area contributed by atoms with E-state index in [2.05, 4.69) is 19.9 Å². The second kappa shape index (κ2) is 6.42. The number of rotatable bonds is 3. The first-order valence-electron chi connectivity index (χ1n) is 8.56. The van der Waals surface area contributed by atoms with Gasteiger partial charge in [0.15, 0.2) is 5.82 Å². The highest BCUT2D eigenvalue weighted by molar-refractivity contribution is 7.98. The highest BCUT2D eigenvalue weighted by Gasteiger charge is 2.45. The molecule has 0 saturated carbocycles. The molecule has 0 bridgehead atoms. The summed E-state index contributed by atoms with van der Waals surface area (Å²) >= 11 is 1.50. The number of aromatic nitrogens is 4. The summed E-state index contributed by atoms with van der Waals surface area (Å²) in [7, 11) is 0. The van der Waals surface area contributed by atoms with E-state index in [1.165, 1.54) is 11.8 Å². The summed E-state index contributed by atoms with van der Waals surface area (Å²) in [4.78, 5) is 32.3. The highest BCUT2D eigenvalue weighted by Crippen LogP contribution is 2.46. The van der Waals surface area contributed by atoms with Crippen molar-refractivity contribution in [2.24, 2.45) is 0 Å². The summed E-state index contributed by atoms with van der Waals surface area (Å²) in [5.41, 5.74) is 3.04. The number of anilines is 2. The molecule has 0 spiro atoms. The summed E-state index contributed by atoms with van der Waals surface area (Å²) in [6.07, 6.45) is 8.85. The summed E-state index contributed by atoms with van der Waals surface area (Å²) in [5, 5.41) is 0.773. The fourth-order valence-corrected chi connectivity index (χ4v) is 3.59. The van der Waals surface area contributed by atoms with Crippen LogP contribution in [0.3, 0.4) is 0 Å². The monoisotopic (exact) mass is 377 g/mol. The van der Waals surface area contributed by atoms with E-state index in [1.807, 2.05) is 45.2 Å². The van der Waals surface area contributed by atoms with E-state index in [4.69, 9.17) is 0 Å². The summed E-state index contributed by atoms with van der Waals surface area (Å²) in [6.45, 7) is 5.73. The van der Waals surface area contributed by atoms with Crippen LogP contribution in [0.2, 0.25) is 0 Å². The number of nitrogens with zero attached hydrogens (tertiary/aromatic N) is 5. The maximum absolute atomic E-state index is 13.2. The lowest BCUT2D eigenvalue weighted by atomic mass is 9.85. The Hall–Kier alpha value is -2.80. The fourth-order valence-electron chi connectivity index (χ4n) is 3.24. The van der Waals surface area contributed by atoms with Crippen molar-refractivity contribution in [1.82, 2.24) is 19.9 Å². The van der Waals surface area contributed by atoms with Crippen molar-refractivity contribution in [2.45, 2.75) is 31.2 Å². The molecule has 1 aliphatic rings. The van der Waals surface area contributed by atoms with E-state index in [-0.39, 0.29) is 5.91 Å². The van der Waals surface area contributed by atoms with Crippen LogP contribution in [-0.2, 0) is 10.2 Å². The van der Waals surface area contributed by atoms with Gasteiger partial charge in [-0.1, -0.05) is 12.1 Å². The molecular formula is C20H19N5OS. The Kier molecular flexibility index (Phi) is 4.19. The maximum Gasteiger partial charge on any atom is 0.242 e. The molecule has 4 rings (SSSR count). The average Bonchev–Trinajstić information content (AvgIpc) is 2.88. The zero-order valence-corrected chi connectivity index (χ0v) is 16.4. The van der Waals surface area contributed by atoms with Gasteiger partial charge in [-0.2, -0.15) is 0 Å². The normalized spacial score (nSPS) is 15.1. The lowest BCUT2D eigenvalue weighted by Gasteiger charge is -2.19. The molecule has 2 aromatic heterocycles. The van der Waals surface area contributed by atoms with Crippen molar-refractivity contribution in [2.75, 3.05) is 11.2 Å². The number of carbonyl (C=O) groups excluding carboxylic acids is 1. The molecule has 0 atom stereocenters. The van der Waals surface area contributed by atoms with Gasteiger partial charge < -0.3 is 0 Å². The second-order valence-corrected chi connectivity index (χ2v) is 7.76. The molecule has 1 aromatic carbocycles. The Morgan fingerprint density at radius 3 is 2.48 bits per heavy atom. The van der Waals surface area contributed by atoms with Crippen LogP contribution in [0.25, 0.3) is 11.1 Å². The van der Waals surface area contributed by atoms with Gasteiger partial charge in [-0.25, -0.2) is 15.0 Å². The predicted octanol–water partition coefficient (Wildman–Crippen LogP) is 3.92. The number of carbonyl (C=O) groups is 1. The van der Waals surface area contributed by atoms with E-state index >= 15 is 0 Å². The molecule has 3 heterocycles. The minimum absolute atomic E-state index is 0.0117. The molecule has 0 radical (unpaired) electrons. The van der Waals surface area contributed by atoms with Crippen LogP contribution in [-0.4, -0.2) is 32.1 Å². The van der Waals surface area contributed by atoms with E-state index in [1.54, 1.807) is 29.7 Å². The van der Waals surface area contributed by atoms with Crippen molar-refractivity contribution < 1.29 is 4.79 Å².